The van der Waals surface area contributed by atoms with Crippen molar-refractivity contribution in [1.29, 1.82) is 0 Å². The number of nitrogens with two attached hydrogens (primary N) is 1. The maximum atomic E-state index is 5.68. The molecule has 0 unspecified atom stereocenters. The van der Waals surface area contributed by atoms with Gasteiger partial charge in [0.05, 0.1) is 0 Å². The van der Waals surface area contributed by atoms with E-state index in [0.29, 0.717) is 0 Å². The molecule has 0 aliphatic heterocycles. The highest BCUT2D eigenvalue weighted by atomic mass is 16.3. The van der Waals surface area contributed by atoms with Crippen molar-refractivity contribution in [3.63, 3.8) is 0 Å². The fourth-order valence-corrected chi connectivity index (χ4v) is 1.26. The topological polar surface area (TPSA) is 52.0 Å². The van der Waals surface area contributed by atoms with Crippen LogP contribution in [-0.2, 0) is 0 Å². The Morgan fingerprint density at radius 3 is 2.92 bits per heavy atom. The van der Waals surface area contributed by atoms with Crippen LogP contribution in [0.15, 0.2) is 35.3 Å². The van der Waals surface area contributed by atoms with Gasteiger partial charge in [0.2, 0.25) is 0 Å². The standard InChI is InChI=1S/C10H10N2O/c1-7-2-3-8(11)4-9(7)10-5-13-6-12-10/h2-6H,11H2,1H3. The van der Waals surface area contributed by atoms with Gasteiger partial charge in [-0.2, -0.15) is 0 Å². The maximum Gasteiger partial charge on any atom is 0.181 e. The molecule has 1 aromatic carbocycles. The molecule has 13 heavy (non-hydrogen) atoms. The van der Waals surface area contributed by atoms with E-state index in [9.17, 15) is 0 Å². The molecule has 3 heteroatoms. The lowest BCUT2D eigenvalue weighted by Gasteiger charge is -2.02. The first-order valence-corrected chi connectivity index (χ1v) is 4.02. The van der Waals surface area contributed by atoms with Crippen molar-refractivity contribution in [2.45, 2.75) is 6.92 Å². The third-order valence-corrected chi connectivity index (χ3v) is 1.97. The Kier molecular flexibility index (Phi) is 1.77. The first kappa shape index (κ1) is 7.86. The lowest BCUT2D eigenvalue weighted by atomic mass is 10.1. The average Bonchev–Trinajstić information content (AvgIpc) is 2.61. The lowest BCUT2D eigenvalue weighted by Crippen LogP contribution is -1.88. The number of rotatable bonds is 1. The minimum absolute atomic E-state index is 0.739. The van der Waals surface area contributed by atoms with Gasteiger partial charge in [-0.1, -0.05) is 6.07 Å². The van der Waals surface area contributed by atoms with Gasteiger partial charge in [0.1, 0.15) is 12.0 Å². The molecule has 3 nitrogen and oxygen atoms in total. The van der Waals surface area contributed by atoms with Gasteiger partial charge in [-0.15, -0.1) is 0 Å². The molecule has 0 atom stereocenters. The van der Waals surface area contributed by atoms with Crippen molar-refractivity contribution in [3.8, 4) is 11.3 Å². The van der Waals surface area contributed by atoms with Crippen molar-refractivity contribution in [2.75, 3.05) is 5.73 Å². The third-order valence-electron chi connectivity index (χ3n) is 1.97. The summed E-state index contributed by atoms with van der Waals surface area (Å²) in [5, 5.41) is 0. The molecule has 0 amide bonds. The zero-order valence-electron chi connectivity index (χ0n) is 7.32. The lowest BCUT2D eigenvalue weighted by molar-refractivity contribution is 0.558. The molecule has 0 radical (unpaired) electrons. The molecule has 1 heterocycles. The average molecular weight is 174 g/mol. The fourth-order valence-electron chi connectivity index (χ4n) is 1.26. The predicted molar refractivity (Wildman–Crippen MR) is 51.1 cm³/mol. The van der Waals surface area contributed by atoms with Gasteiger partial charge < -0.3 is 10.2 Å². The van der Waals surface area contributed by atoms with Crippen LogP contribution in [0, 0.1) is 6.92 Å². The summed E-state index contributed by atoms with van der Waals surface area (Å²) in [5.74, 6) is 0. The van der Waals surface area contributed by atoms with Crippen LogP contribution in [-0.4, -0.2) is 4.98 Å². The maximum absolute atomic E-state index is 5.68. The molecule has 0 spiro atoms. The second-order valence-corrected chi connectivity index (χ2v) is 2.95. The van der Waals surface area contributed by atoms with Crippen molar-refractivity contribution in [3.05, 3.63) is 36.4 Å². The van der Waals surface area contributed by atoms with Gasteiger partial charge in [-0.25, -0.2) is 4.98 Å². The van der Waals surface area contributed by atoms with Crippen LogP contribution in [0.4, 0.5) is 5.69 Å². The molecule has 0 aliphatic carbocycles. The molecular formula is C10H10N2O. The number of benzene rings is 1. The van der Waals surface area contributed by atoms with Crippen molar-refractivity contribution >= 4 is 5.69 Å². The van der Waals surface area contributed by atoms with Crippen LogP contribution < -0.4 is 5.73 Å². The molecule has 66 valence electrons. The summed E-state index contributed by atoms with van der Waals surface area (Å²) in [6.07, 6.45) is 3.03. The molecule has 0 bridgehead atoms. The molecule has 0 fully saturated rings. The fraction of sp³-hybridized carbons (Fsp3) is 0.100. The van der Waals surface area contributed by atoms with Crippen molar-refractivity contribution in [1.82, 2.24) is 4.98 Å². The number of oxazole rings is 1. The quantitative estimate of drug-likeness (QED) is 0.674. The first-order chi connectivity index (χ1) is 6.27. The van der Waals surface area contributed by atoms with Gasteiger partial charge >= 0.3 is 0 Å². The zero-order valence-corrected chi connectivity index (χ0v) is 7.32. The van der Waals surface area contributed by atoms with E-state index in [1.165, 1.54) is 6.39 Å². The van der Waals surface area contributed by atoms with E-state index in [2.05, 4.69) is 4.98 Å². The van der Waals surface area contributed by atoms with E-state index in [1.54, 1.807) is 6.26 Å². The number of hydrogen-bond donors (Lipinski definition) is 1. The summed E-state index contributed by atoms with van der Waals surface area (Å²) >= 11 is 0. The Bertz CT molecular complexity index is 407. The monoisotopic (exact) mass is 174 g/mol. The highest BCUT2D eigenvalue weighted by Crippen LogP contribution is 2.23. The van der Waals surface area contributed by atoms with E-state index in [4.69, 9.17) is 10.2 Å². The summed E-state index contributed by atoms with van der Waals surface area (Å²) in [5.41, 5.74) is 9.40. The molecule has 0 aliphatic rings. The van der Waals surface area contributed by atoms with Crippen molar-refractivity contribution < 1.29 is 4.42 Å². The number of anilines is 1. The normalized spacial score (nSPS) is 10.2. The van der Waals surface area contributed by atoms with E-state index >= 15 is 0 Å². The molecule has 0 saturated heterocycles. The van der Waals surface area contributed by atoms with Crippen LogP contribution in [0.2, 0.25) is 0 Å². The predicted octanol–water partition coefficient (Wildman–Crippen LogP) is 2.23. The molecular weight excluding hydrogens is 164 g/mol. The highest BCUT2D eigenvalue weighted by molar-refractivity contribution is 5.66. The van der Waals surface area contributed by atoms with E-state index < -0.39 is 0 Å². The largest absolute Gasteiger partial charge is 0.451 e. The van der Waals surface area contributed by atoms with E-state index in [1.807, 2.05) is 25.1 Å². The van der Waals surface area contributed by atoms with E-state index in [0.717, 1.165) is 22.5 Å². The molecule has 0 saturated carbocycles. The third kappa shape index (κ3) is 1.40. The van der Waals surface area contributed by atoms with Crippen LogP contribution in [0.1, 0.15) is 5.56 Å². The minimum atomic E-state index is 0.739. The summed E-state index contributed by atoms with van der Waals surface area (Å²) in [6, 6.07) is 5.74. The van der Waals surface area contributed by atoms with Gasteiger partial charge in [0, 0.05) is 11.3 Å². The Hall–Kier alpha value is -1.77. The Labute approximate surface area is 76.2 Å². The molecule has 1 aromatic heterocycles. The van der Waals surface area contributed by atoms with Crippen LogP contribution in [0.25, 0.3) is 11.3 Å². The number of aryl methyl sites for hydroxylation is 1. The van der Waals surface area contributed by atoms with Crippen LogP contribution >= 0.6 is 0 Å². The SMILES string of the molecule is Cc1ccc(N)cc1-c1cocn1. The Morgan fingerprint density at radius 2 is 2.23 bits per heavy atom. The second kappa shape index (κ2) is 2.94. The first-order valence-electron chi connectivity index (χ1n) is 4.02. The number of nitrogen functional groups attached to an aromatic ring is 1. The zero-order chi connectivity index (χ0) is 9.26. The summed E-state index contributed by atoms with van der Waals surface area (Å²) < 4.78 is 4.91. The Balaban J connectivity index is 2.57. The van der Waals surface area contributed by atoms with Crippen LogP contribution in [0.5, 0.6) is 0 Å². The van der Waals surface area contributed by atoms with Gasteiger partial charge in [-0.05, 0) is 24.6 Å². The Morgan fingerprint density at radius 1 is 1.38 bits per heavy atom. The summed E-state index contributed by atoms with van der Waals surface area (Å²) in [7, 11) is 0. The summed E-state index contributed by atoms with van der Waals surface area (Å²) in [4.78, 5) is 4.07. The van der Waals surface area contributed by atoms with Crippen LogP contribution in [0.3, 0.4) is 0 Å². The molecule has 2 aromatic rings. The van der Waals surface area contributed by atoms with Gasteiger partial charge in [-0.3, -0.25) is 0 Å². The number of aromatic nitrogens is 1. The highest BCUT2D eigenvalue weighted by Gasteiger charge is 2.04. The molecule has 2 rings (SSSR count). The number of nitrogens with zero attached hydrogens (tertiary/aromatic N) is 1. The number of hydrogen-bond acceptors (Lipinski definition) is 3. The van der Waals surface area contributed by atoms with Gasteiger partial charge in [0.15, 0.2) is 6.39 Å². The molecule has 2 N–H and O–H groups in total. The summed E-state index contributed by atoms with van der Waals surface area (Å²) in [6.45, 7) is 2.02. The van der Waals surface area contributed by atoms with Crippen molar-refractivity contribution in [2.24, 2.45) is 0 Å². The minimum Gasteiger partial charge on any atom is -0.451 e. The second-order valence-electron chi connectivity index (χ2n) is 2.95. The van der Waals surface area contributed by atoms with E-state index in [-0.39, 0.29) is 0 Å². The van der Waals surface area contributed by atoms with Gasteiger partial charge in [0.25, 0.3) is 0 Å². The smallest absolute Gasteiger partial charge is 0.181 e.